The van der Waals surface area contributed by atoms with Crippen LogP contribution in [0.2, 0.25) is 0 Å². The first-order valence-electron chi connectivity index (χ1n) is 3.91. The summed E-state index contributed by atoms with van der Waals surface area (Å²) in [4.78, 5) is 11.2. The number of ketones is 1. The van der Waals surface area contributed by atoms with Crippen LogP contribution in [0.1, 0.15) is 19.8 Å². The van der Waals surface area contributed by atoms with E-state index < -0.39 is 0 Å². The standard InChI is InChI=1S/C8H14O2S/c1-6-3-4-8(10-6)7(9)5-11-2/h6,8H,3-5H2,1-2H3. The van der Waals surface area contributed by atoms with Gasteiger partial charge in [-0.25, -0.2) is 0 Å². The van der Waals surface area contributed by atoms with Crippen LogP contribution < -0.4 is 0 Å². The van der Waals surface area contributed by atoms with E-state index in [1.807, 2.05) is 13.2 Å². The molecule has 2 nitrogen and oxygen atoms in total. The lowest BCUT2D eigenvalue weighted by Gasteiger charge is -2.07. The van der Waals surface area contributed by atoms with Gasteiger partial charge in [0, 0.05) is 0 Å². The second-order valence-electron chi connectivity index (χ2n) is 2.91. The first-order valence-corrected chi connectivity index (χ1v) is 5.30. The van der Waals surface area contributed by atoms with E-state index in [1.165, 1.54) is 0 Å². The van der Waals surface area contributed by atoms with Crippen LogP contribution in [0, 0.1) is 0 Å². The molecule has 1 aliphatic heterocycles. The van der Waals surface area contributed by atoms with Crippen LogP contribution in [-0.4, -0.2) is 30.0 Å². The number of carbonyl (C=O) groups excluding carboxylic acids is 1. The summed E-state index contributed by atoms with van der Waals surface area (Å²) in [6, 6.07) is 0. The second-order valence-corrected chi connectivity index (χ2v) is 3.78. The molecular formula is C8H14O2S. The fraction of sp³-hybridized carbons (Fsp3) is 0.875. The molecule has 0 aromatic heterocycles. The Morgan fingerprint density at radius 2 is 2.36 bits per heavy atom. The molecule has 0 bridgehead atoms. The lowest BCUT2D eigenvalue weighted by atomic mass is 10.1. The number of ether oxygens (including phenoxy) is 1. The zero-order valence-electron chi connectivity index (χ0n) is 7.00. The number of carbonyl (C=O) groups is 1. The zero-order valence-corrected chi connectivity index (χ0v) is 7.82. The zero-order chi connectivity index (χ0) is 8.27. The number of hydrogen-bond donors (Lipinski definition) is 0. The monoisotopic (exact) mass is 174 g/mol. The van der Waals surface area contributed by atoms with Gasteiger partial charge >= 0.3 is 0 Å². The Hall–Kier alpha value is -0.0200. The molecule has 64 valence electrons. The van der Waals surface area contributed by atoms with E-state index in [0.29, 0.717) is 5.75 Å². The summed E-state index contributed by atoms with van der Waals surface area (Å²) in [6.45, 7) is 2.02. The summed E-state index contributed by atoms with van der Waals surface area (Å²) >= 11 is 1.57. The second kappa shape index (κ2) is 4.12. The lowest BCUT2D eigenvalue weighted by molar-refractivity contribution is -0.126. The molecule has 1 saturated heterocycles. The van der Waals surface area contributed by atoms with Gasteiger partial charge in [-0.1, -0.05) is 0 Å². The van der Waals surface area contributed by atoms with Gasteiger partial charge in [-0.2, -0.15) is 11.8 Å². The predicted octanol–water partition coefficient (Wildman–Crippen LogP) is 1.49. The number of hydrogen-bond acceptors (Lipinski definition) is 3. The molecule has 1 rings (SSSR count). The molecule has 1 aliphatic rings. The van der Waals surface area contributed by atoms with Crippen molar-refractivity contribution < 1.29 is 9.53 Å². The Labute approximate surface area is 71.7 Å². The van der Waals surface area contributed by atoms with Gasteiger partial charge in [-0.3, -0.25) is 4.79 Å². The fourth-order valence-corrected chi connectivity index (χ4v) is 1.75. The van der Waals surface area contributed by atoms with Gasteiger partial charge in [0.25, 0.3) is 0 Å². The third-order valence-corrected chi connectivity index (χ3v) is 2.45. The first kappa shape index (κ1) is 9.07. The Morgan fingerprint density at radius 1 is 1.64 bits per heavy atom. The first-order chi connectivity index (χ1) is 5.24. The Kier molecular flexibility index (Phi) is 3.40. The summed E-state index contributed by atoms with van der Waals surface area (Å²) in [6.07, 6.45) is 4.07. The van der Waals surface area contributed by atoms with Gasteiger partial charge in [0.15, 0.2) is 5.78 Å². The SMILES string of the molecule is CSCC(=O)C1CCC(C)O1. The largest absolute Gasteiger partial charge is 0.367 e. The van der Waals surface area contributed by atoms with Gasteiger partial charge in [0.05, 0.1) is 11.9 Å². The maximum atomic E-state index is 11.2. The van der Waals surface area contributed by atoms with E-state index in [0.717, 1.165) is 12.8 Å². The molecule has 0 saturated carbocycles. The highest BCUT2D eigenvalue weighted by Crippen LogP contribution is 2.20. The van der Waals surface area contributed by atoms with Crippen molar-refractivity contribution in [2.45, 2.75) is 32.0 Å². The Morgan fingerprint density at radius 3 is 2.82 bits per heavy atom. The molecule has 0 spiro atoms. The quantitative estimate of drug-likeness (QED) is 0.648. The van der Waals surface area contributed by atoms with Crippen LogP contribution >= 0.6 is 11.8 Å². The average molecular weight is 174 g/mol. The van der Waals surface area contributed by atoms with Crippen LogP contribution in [0.3, 0.4) is 0 Å². The molecule has 0 aromatic rings. The average Bonchev–Trinajstić information content (AvgIpc) is 2.36. The molecule has 3 heteroatoms. The third-order valence-electron chi connectivity index (χ3n) is 1.88. The van der Waals surface area contributed by atoms with Gasteiger partial charge in [-0.05, 0) is 26.0 Å². The predicted molar refractivity (Wildman–Crippen MR) is 47.0 cm³/mol. The maximum Gasteiger partial charge on any atom is 0.171 e. The van der Waals surface area contributed by atoms with E-state index in [-0.39, 0.29) is 18.0 Å². The molecule has 0 radical (unpaired) electrons. The van der Waals surface area contributed by atoms with Gasteiger partial charge in [0.1, 0.15) is 6.10 Å². The summed E-state index contributed by atoms with van der Waals surface area (Å²) in [7, 11) is 0. The molecule has 0 aliphatic carbocycles. The van der Waals surface area contributed by atoms with Gasteiger partial charge < -0.3 is 4.74 Å². The van der Waals surface area contributed by atoms with Crippen molar-refractivity contribution in [2.75, 3.05) is 12.0 Å². The van der Waals surface area contributed by atoms with Crippen molar-refractivity contribution in [3.8, 4) is 0 Å². The molecule has 0 aromatic carbocycles. The highest BCUT2D eigenvalue weighted by Gasteiger charge is 2.27. The Bertz CT molecular complexity index is 147. The van der Waals surface area contributed by atoms with E-state index in [2.05, 4.69) is 0 Å². The smallest absolute Gasteiger partial charge is 0.171 e. The normalized spacial score (nSPS) is 30.7. The summed E-state index contributed by atoms with van der Waals surface area (Å²) in [5.41, 5.74) is 0. The number of rotatable bonds is 3. The van der Waals surface area contributed by atoms with Gasteiger partial charge in [0.2, 0.25) is 0 Å². The fourth-order valence-electron chi connectivity index (χ4n) is 1.27. The lowest BCUT2D eigenvalue weighted by Crippen LogP contribution is -2.22. The molecule has 1 fully saturated rings. The number of Topliss-reactive ketones (excluding diaryl/α,β-unsaturated/α-hetero) is 1. The van der Waals surface area contributed by atoms with E-state index >= 15 is 0 Å². The summed E-state index contributed by atoms with van der Waals surface area (Å²) < 4.78 is 5.41. The highest BCUT2D eigenvalue weighted by molar-refractivity contribution is 7.99. The van der Waals surface area contributed by atoms with Crippen LogP contribution in [-0.2, 0) is 9.53 Å². The number of thioether (sulfide) groups is 1. The molecular weight excluding hydrogens is 160 g/mol. The van der Waals surface area contributed by atoms with Crippen molar-refractivity contribution >= 4 is 17.5 Å². The minimum Gasteiger partial charge on any atom is -0.367 e. The highest BCUT2D eigenvalue weighted by atomic mass is 32.2. The van der Waals surface area contributed by atoms with Crippen LogP contribution in [0.25, 0.3) is 0 Å². The Balaban J connectivity index is 2.31. The van der Waals surface area contributed by atoms with E-state index in [1.54, 1.807) is 11.8 Å². The van der Waals surface area contributed by atoms with Crippen molar-refractivity contribution in [2.24, 2.45) is 0 Å². The molecule has 0 N–H and O–H groups in total. The molecule has 2 atom stereocenters. The van der Waals surface area contributed by atoms with Crippen LogP contribution in [0.4, 0.5) is 0 Å². The van der Waals surface area contributed by atoms with Crippen LogP contribution in [0.5, 0.6) is 0 Å². The van der Waals surface area contributed by atoms with E-state index in [9.17, 15) is 4.79 Å². The molecule has 1 heterocycles. The minimum atomic E-state index is -0.0996. The molecule has 2 unspecified atom stereocenters. The minimum absolute atomic E-state index is 0.0996. The molecule has 0 amide bonds. The third kappa shape index (κ3) is 2.49. The maximum absolute atomic E-state index is 11.2. The van der Waals surface area contributed by atoms with Crippen LogP contribution in [0.15, 0.2) is 0 Å². The molecule has 11 heavy (non-hydrogen) atoms. The summed E-state index contributed by atoms with van der Waals surface area (Å²) in [5.74, 6) is 0.846. The van der Waals surface area contributed by atoms with Gasteiger partial charge in [-0.15, -0.1) is 0 Å². The van der Waals surface area contributed by atoms with Crippen molar-refractivity contribution in [1.29, 1.82) is 0 Å². The van der Waals surface area contributed by atoms with Crippen molar-refractivity contribution in [3.05, 3.63) is 0 Å². The van der Waals surface area contributed by atoms with E-state index in [4.69, 9.17) is 4.74 Å². The topological polar surface area (TPSA) is 26.3 Å². The van der Waals surface area contributed by atoms with Crippen molar-refractivity contribution in [1.82, 2.24) is 0 Å². The van der Waals surface area contributed by atoms with Crippen molar-refractivity contribution in [3.63, 3.8) is 0 Å². The summed E-state index contributed by atoms with van der Waals surface area (Å²) in [5, 5.41) is 0.